The first kappa shape index (κ1) is 19.9. The van der Waals surface area contributed by atoms with Crippen molar-refractivity contribution in [3.8, 4) is 0 Å². The van der Waals surface area contributed by atoms with Gasteiger partial charge in [-0.15, -0.1) is 0 Å². The number of carbonyl (C=O) groups excluding carboxylic acids is 2. The Kier molecular flexibility index (Phi) is 8.55. The number of ether oxygens (including phenoxy) is 2. The molecule has 0 amide bonds. The fourth-order valence-electron chi connectivity index (χ4n) is 2.81. The lowest BCUT2D eigenvalue weighted by molar-refractivity contribution is -0.166. The predicted molar refractivity (Wildman–Crippen MR) is 83.0 cm³/mol. The molecule has 5 heteroatoms. The highest BCUT2D eigenvalue weighted by Crippen LogP contribution is 2.40. The summed E-state index contributed by atoms with van der Waals surface area (Å²) in [6.45, 7) is 12.3. The molecule has 2 saturated heterocycles. The second-order valence-electron chi connectivity index (χ2n) is 6.06. The zero-order valence-corrected chi connectivity index (χ0v) is 14.4. The second-order valence-corrected chi connectivity index (χ2v) is 6.06. The molecule has 0 N–H and O–H groups in total. The molecule has 2 heterocycles. The molecule has 0 aromatic rings. The van der Waals surface area contributed by atoms with Crippen LogP contribution in [0, 0.1) is 0 Å². The number of methoxy groups -OCH3 is 1. The van der Waals surface area contributed by atoms with Gasteiger partial charge in [0, 0.05) is 0 Å². The molecule has 0 saturated carbocycles. The number of hydrogen-bond donors (Lipinski definition) is 0. The molecule has 0 aromatic heterocycles. The number of carbonyl (C=O) groups is 2. The number of rotatable bonds is 2. The molecule has 2 aliphatic rings. The van der Waals surface area contributed by atoms with Crippen LogP contribution in [0.4, 0.5) is 0 Å². The van der Waals surface area contributed by atoms with E-state index < -0.39 is 0 Å². The van der Waals surface area contributed by atoms with Gasteiger partial charge < -0.3 is 9.47 Å². The summed E-state index contributed by atoms with van der Waals surface area (Å²) in [6.07, 6.45) is 4.25. The van der Waals surface area contributed by atoms with E-state index in [1.165, 1.54) is 7.11 Å². The van der Waals surface area contributed by atoms with Crippen molar-refractivity contribution in [2.75, 3.05) is 20.2 Å². The molecule has 2 aliphatic heterocycles. The highest BCUT2D eigenvalue weighted by Gasteiger charge is 2.51. The van der Waals surface area contributed by atoms with Crippen molar-refractivity contribution in [1.82, 2.24) is 4.90 Å². The average molecular weight is 301 g/mol. The van der Waals surface area contributed by atoms with Gasteiger partial charge in [-0.3, -0.25) is 14.5 Å². The van der Waals surface area contributed by atoms with Gasteiger partial charge in [0.2, 0.25) is 0 Å². The monoisotopic (exact) mass is 301 g/mol. The van der Waals surface area contributed by atoms with Crippen molar-refractivity contribution < 1.29 is 19.1 Å². The van der Waals surface area contributed by atoms with Crippen LogP contribution >= 0.6 is 0 Å². The fraction of sp³-hybridized carbons (Fsp3) is 0.875. The van der Waals surface area contributed by atoms with Gasteiger partial charge in [0.15, 0.2) is 0 Å². The van der Waals surface area contributed by atoms with Gasteiger partial charge in [0.25, 0.3) is 6.47 Å². The van der Waals surface area contributed by atoms with Crippen LogP contribution < -0.4 is 0 Å². The van der Waals surface area contributed by atoms with Crippen molar-refractivity contribution in [3.05, 3.63) is 0 Å². The Morgan fingerprint density at radius 3 is 1.90 bits per heavy atom. The largest absolute Gasteiger partial charge is 0.471 e. The van der Waals surface area contributed by atoms with E-state index in [9.17, 15) is 4.79 Å². The van der Waals surface area contributed by atoms with Crippen molar-refractivity contribution in [3.63, 3.8) is 0 Å². The van der Waals surface area contributed by atoms with E-state index in [1.807, 2.05) is 34.6 Å². The maximum Gasteiger partial charge on any atom is 0.327 e. The number of fused-ring (bicyclic) bond motifs is 1. The normalized spacial score (nSPS) is 19.3. The number of hydrogen-bond acceptors (Lipinski definition) is 5. The lowest BCUT2D eigenvalue weighted by atomic mass is 9.94. The van der Waals surface area contributed by atoms with Gasteiger partial charge in [-0.2, -0.15) is 0 Å². The quantitative estimate of drug-likeness (QED) is 0.580. The first-order chi connectivity index (χ1) is 9.85. The van der Waals surface area contributed by atoms with Crippen LogP contribution in [0.25, 0.3) is 0 Å². The second kappa shape index (κ2) is 9.03. The molecule has 2 fully saturated rings. The van der Waals surface area contributed by atoms with E-state index >= 15 is 0 Å². The summed E-state index contributed by atoms with van der Waals surface area (Å²) in [4.78, 5) is 23.5. The van der Waals surface area contributed by atoms with Crippen LogP contribution in [0.2, 0.25) is 0 Å². The minimum absolute atomic E-state index is 0.00463. The van der Waals surface area contributed by atoms with Gasteiger partial charge in [-0.1, -0.05) is 13.8 Å². The lowest BCUT2D eigenvalue weighted by Crippen LogP contribution is -2.48. The van der Waals surface area contributed by atoms with Crippen molar-refractivity contribution >= 4 is 12.4 Å². The van der Waals surface area contributed by atoms with E-state index in [2.05, 4.69) is 9.64 Å². The third-order valence-electron chi connectivity index (χ3n) is 3.52. The molecule has 0 radical (unpaired) electrons. The van der Waals surface area contributed by atoms with Gasteiger partial charge in [-0.25, -0.2) is 0 Å². The zero-order chi connectivity index (χ0) is 16.5. The van der Waals surface area contributed by atoms with Crippen LogP contribution in [-0.4, -0.2) is 48.7 Å². The van der Waals surface area contributed by atoms with Gasteiger partial charge in [0.05, 0.1) is 7.11 Å². The maximum absolute atomic E-state index is 12.2. The fourth-order valence-corrected chi connectivity index (χ4v) is 2.81. The summed E-state index contributed by atoms with van der Waals surface area (Å²) >= 11 is 0. The SMILES string of the molecule is CC.CC(C)(C)OC(=O)C12CCCN1CCC2.COC=O. The first-order valence-corrected chi connectivity index (χ1v) is 7.81. The van der Waals surface area contributed by atoms with Crippen LogP contribution in [0.15, 0.2) is 0 Å². The standard InChI is InChI=1S/C12H21NO2.C2H4O2.C2H6/c1-11(2,3)15-10(14)12-6-4-8-13(12)9-5-7-12;1-4-2-3;1-2/h4-9H2,1-3H3;2H,1H3;1-2H3. The molecule has 0 aliphatic carbocycles. The minimum atomic E-state index is -0.358. The van der Waals surface area contributed by atoms with Crippen molar-refractivity contribution in [1.29, 1.82) is 0 Å². The van der Waals surface area contributed by atoms with Crippen LogP contribution in [0.1, 0.15) is 60.3 Å². The Hall–Kier alpha value is -1.10. The Morgan fingerprint density at radius 1 is 1.14 bits per heavy atom. The molecule has 2 rings (SSSR count). The number of nitrogens with zero attached hydrogens (tertiary/aromatic N) is 1. The number of esters is 1. The van der Waals surface area contributed by atoms with Gasteiger partial charge in [-0.05, 0) is 59.5 Å². The first-order valence-electron chi connectivity index (χ1n) is 7.81. The summed E-state index contributed by atoms with van der Waals surface area (Å²) in [5.41, 5.74) is -0.615. The minimum Gasteiger partial charge on any atom is -0.471 e. The Morgan fingerprint density at radius 2 is 1.57 bits per heavy atom. The van der Waals surface area contributed by atoms with Gasteiger partial charge in [0.1, 0.15) is 11.1 Å². The molecule has 0 aromatic carbocycles. The lowest BCUT2D eigenvalue weighted by Gasteiger charge is -2.32. The van der Waals surface area contributed by atoms with E-state index in [0.29, 0.717) is 6.47 Å². The van der Waals surface area contributed by atoms with Crippen molar-refractivity contribution in [2.24, 2.45) is 0 Å². The molecule has 0 spiro atoms. The Balaban J connectivity index is 0.000000579. The highest BCUT2D eigenvalue weighted by atomic mass is 16.6. The molecule has 0 unspecified atom stereocenters. The van der Waals surface area contributed by atoms with Crippen LogP contribution in [0.5, 0.6) is 0 Å². The summed E-state index contributed by atoms with van der Waals surface area (Å²) in [5.74, 6) is 0.00463. The summed E-state index contributed by atoms with van der Waals surface area (Å²) < 4.78 is 9.41. The zero-order valence-electron chi connectivity index (χ0n) is 14.4. The van der Waals surface area contributed by atoms with Crippen LogP contribution in [0.3, 0.4) is 0 Å². The summed E-state index contributed by atoms with van der Waals surface area (Å²) in [7, 11) is 1.31. The smallest absolute Gasteiger partial charge is 0.327 e. The third-order valence-corrected chi connectivity index (χ3v) is 3.52. The van der Waals surface area contributed by atoms with E-state index in [4.69, 9.17) is 9.53 Å². The molecule has 124 valence electrons. The molecule has 0 bridgehead atoms. The van der Waals surface area contributed by atoms with E-state index in [-0.39, 0.29) is 17.1 Å². The summed E-state index contributed by atoms with van der Waals surface area (Å²) in [5, 5.41) is 0. The molecular weight excluding hydrogens is 270 g/mol. The van der Waals surface area contributed by atoms with E-state index in [1.54, 1.807) is 0 Å². The topological polar surface area (TPSA) is 55.8 Å². The van der Waals surface area contributed by atoms with E-state index in [0.717, 1.165) is 38.8 Å². The molecule has 5 nitrogen and oxygen atoms in total. The van der Waals surface area contributed by atoms with Gasteiger partial charge >= 0.3 is 5.97 Å². The average Bonchev–Trinajstić information content (AvgIpc) is 2.99. The Bertz CT molecular complexity index is 313. The molecule has 0 atom stereocenters. The highest BCUT2D eigenvalue weighted by molar-refractivity contribution is 5.82. The van der Waals surface area contributed by atoms with Crippen molar-refractivity contribution in [2.45, 2.75) is 71.4 Å². The van der Waals surface area contributed by atoms with Crippen LogP contribution in [-0.2, 0) is 19.1 Å². The predicted octanol–water partition coefficient (Wildman–Crippen LogP) is 2.77. The maximum atomic E-state index is 12.2. The molecule has 21 heavy (non-hydrogen) atoms. The summed E-state index contributed by atoms with van der Waals surface area (Å²) in [6, 6.07) is 0. The third kappa shape index (κ3) is 5.65. The molecular formula is C16H31NO4. The Labute approximate surface area is 129 Å².